The fourth-order valence-corrected chi connectivity index (χ4v) is 2.89. The molecule has 4 rings (SSSR count). The van der Waals surface area contributed by atoms with Gasteiger partial charge in [-0.25, -0.2) is 0 Å². The summed E-state index contributed by atoms with van der Waals surface area (Å²) in [6.45, 7) is 0. The summed E-state index contributed by atoms with van der Waals surface area (Å²) >= 11 is 5.39. The van der Waals surface area contributed by atoms with E-state index in [0.29, 0.717) is 4.77 Å². The number of methoxy groups -OCH3 is 1. The lowest BCUT2D eigenvalue weighted by Gasteiger charge is -2.04. The van der Waals surface area contributed by atoms with E-state index in [4.69, 9.17) is 17.0 Å². The van der Waals surface area contributed by atoms with E-state index in [1.807, 2.05) is 59.2 Å². The second kappa shape index (κ2) is 5.40. The molecule has 0 aliphatic heterocycles. The molecule has 0 saturated heterocycles. The first kappa shape index (κ1) is 13.8. The van der Waals surface area contributed by atoms with Gasteiger partial charge >= 0.3 is 0 Å². The van der Waals surface area contributed by atoms with Crippen molar-refractivity contribution >= 4 is 23.1 Å². The van der Waals surface area contributed by atoms with Crippen molar-refractivity contribution in [1.29, 1.82) is 0 Å². The number of hydrogen-bond donors (Lipinski definition) is 2. The highest BCUT2D eigenvalue weighted by molar-refractivity contribution is 7.71. The number of benzene rings is 2. The maximum atomic E-state index is 5.39. The van der Waals surface area contributed by atoms with Crippen LogP contribution in [0.4, 0.5) is 0 Å². The first-order chi connectivity index (χ1) is 11.3. The van der Waals surface area contributed by atoms with Crippen LogP contribution in [0.5, 0.6) is 5.75 Å². The lowest BCUT2D eigenvalue weighted by molar-refractivity contribution is 0.415. The zero-order chi connectivity index (χ0) is 15.8. The highest BCUT2D eigenvalue weighted by Gasteiger charge is 2.13. The van der Waals surface area contributed by atoms with E-state index in [-0.39, 0.29) is 0 Å². The predicted molar refractivity (Wildman–Crippen MR) is 92.6 cm³/mol. The summed E-state index contributed by atoms with van der Waals surface area (Å²) in [6, 6.07) is 17.9. The van der Waals surface area contributed by atoms with Crippen LogP contribution in [0.2, 0.25) is 0 Å². The minimum absolute atomic E-state index is 0.558. The lowest BCUT2D eigenvalue weighted by Crippen LogP contribution is -1.97. The normalized spacial score (nSPS) is 11.0. The van der Waals surface area contributed by atoms with Gasteiger partial charge < -0.3 is 9.72 Å². The van der Waals surface area contributed by atoms with Crippen molar-refractivity contribution in [2.45, 2.75) is 0 Å². The summed E-state index contributed by atoms with van der Waals surface area (Å²) in [4.78, 5) is 3.38. The Labute approximate surface area is 137 Å². The number of ether oxygens (including phenoxy) is 1. The quantitative estimate of drug-likeness (QED) is 0.559. The summed E-state index contributed by atoms with van der Waals surface area (Å²) in [5, 5.41) is 8.32. The van der Waals surface area contributed by atoms with E-state index in [2.05, 4.69) is 15.2 Å². The van der Waals surface area contributed by atoms with Crippen molar-refractivity contribution in [3.63, 3.8) is 0 Å². The van der Waals surface area contributed by atoms with Gasteiger partial charge in [-0.3, -0.25) is 9.67 Å². The van der Waals surface area contributed by atoms with Crippen molar-refractivity contribution in [2.24, 2.45) is 0 Å². The number of H-pyrrole nitrogens is 2. The smallest absolute Gasteiger partial charge is 0.200 e. The Morgan fingerprint density at radius 2 is 1.91 bits per heavy atom. The molecule has 0 aliphatic carbocycles. The van der Waals surface area contributed by atoms with E-state index in [0.717, 1.165) is 33.9 Å². The number of nitrogens with zero attached hydrogens (tertiary/aromatic N) is 2. The fourth-order valence-electron chi connectivity index (χ4n) is 2.65. The Bertz CT molecular complexity index is 1030. The number of aromatic amines is 2. The van der Waals surface area contributed by atoms with Gasteiger partial charge in [0.1, 0.15) is 5.75 Å². The van der Waals surface area contributed by atoms with Crippen molar-refractivity contribution < 1.29 is 4.74 Å². The van der Waals surface area contributed by atoms with Crippen LogP contribution in [0.3, 0.4) is 0 Å². The van der Waals surface area contributed by atoms with Crippen LogP contribution < -0.4 is 4.74 Å². The van der Waals surface area contributed by atoms with Crippen LogP contribution in [0.1, 0.15) is 0 Å². The minimum atomic E-state index is 0.558. The Morgan fingerprint density at radius 3 is 2.70 bits per heavy atom. The maximum absolute atomic E-state index is 5.39. The molecule has 2 N–H and O–H groups in total. The molecule has 0 atom stereocenters. The standard InChI is InChI=1S/C17H14N4OS/c1-22-13-7-8-14-11(9-13)10-15(18-14)16-19-20-17(23)21(16)12-5-3-2-4-6-12/h2-10,18H,1H3,(H,20,23). The molecule has 0 aliphatic rings. The van der Waals surface area contributed by atoms with E-state index in [9.17, 15) is 0 Å². The third kappa shape index (κ3) is 2.33. The topological polar surface area (TPSA) is 58.6 Å². The van der Waals surface area contributed by atoms with Crippen molar-refractivity contribution in [3.8, 4) is 23.0 Å². The molecule has 0 bridgehead atoms. The van der Waals surface area contributed by atoms with Crippen LogP contribution in [0.15, 0.2) is 54.6 Å². The first-order valence-corrected chi connectivity index (χ1v) is 7.57. The molecular formula is C17H14N4OS. The minimum Gasteiger partial charge on any atom is -0.497 e. The van der Waals surface area contributed by atoms with Gasteiger partial charge in [-0.1, -0.05) is 18.2 Å². The van der Waals surface area contributed by atoms with Gasteiger partial charge in [0.15, 0.2) is 10.6 Å². The third-order valence-corrected chi connectivity index (χ3v) is 4.03. The molecule has 4 aromatic rings. The number of hydrogen-bond acceptors (Lipinski definition) is 3. The molecule has 114 valence electrons. The molecule has 23 heavy (non-hydrogen) atoms. The monoisotopic (exact) mass is 322 g/mol. The number of rotatable bonds is 3. The first-order valence-electron chi connectivity index (χ1n) is 7.16. The van der Waals surface area contributed by atoms with Gasteiger partial charge in [-0.2, -0.15) is 5.10 Å². The SMILES string of the molecule is COc1ccc2[nH]c(-c3n[nH]c(=S)n3-c3ccccc3)cc2c1. The summed E-state index contributed by atoms with van der Waals surface area (Å²) in [5.74, 6) is 1.57. The maximum Gasteiger partial charge on any atom is 0.200 e. The van der Waals surface area contributed by atoms with Crippen LogP contribution in [-0.4, -0.2) is 26.9 Å². The molecular weight excluding hydrogens is 308 g/mol. The Hall–Kier alpha value is -2.86. The largest absolute Gasteiger partial charge is 0.497 e. The zero-order valence-electron chi connectivity index (χ0n) is 12.4. The molecule has 5 nitrogen and oxygen atoms in total. The van der Waals surface area contributed by atoms with Crippen LogP contribution in [0.25, 0.3) is 28.1 Å². The Morgan fingerprint density at radius 1 is 1.09 bits per heavy atom. The number of fused-ring (bicyclic) bond motifs is 1. The molecule has 0 spiro atoms. The van der Waals surface area contributed by atoms with Crippen molar-refractivity contribution in [3.05, 3.63) is 59.4 Å². The van der Waals surface area contributed by atoms with Gasteiger partial charge in [-0.05, 0) is 48.6 Å². The third-order valence-electron chi connectivity index (χ3n) is 3.76. The second-order valence-electron chi connectivity index (χ2n) is 5.16. The molecule has 0 amide bonds. The molecule has 2 aromatic heterocycles. The Balaban J connectivity index is 1.90. The van der Waals surface area contributed by atoms with Crippen molar-refractivity contribution in [1.82, 2.24) is 19.7 Å². The molecule has 0 unspecified atom stereocenters. The average molecular weight is 322 g/mol. The van der Waals surface area contributed by atoms with Crippen LogP contribution >= 0.6 is 12.2 Å². The highest BCUT2D eigenvalue weighted by atomic mass is 32.1. The van der Waals surface area contributed by atoms with Gasteiger partial charge in [0.05, 0.1) is 18.5 Å². The second-order valence-corrected chi connectivity index (χ2v) is 5.55. The average Bonchev–Trinajstić information content (AvgIpc) is 3.17. The summed E-state index contributed by atoms with van der Waals surface area (Å²) in [6.07, 6.45) is 0. The van der Waals surface area contributed by atoms with E-state index in [1.54, 1.807) is 7.11 Å². The lowest BCUT2D eigenvalue weighted by atomic mass is 10.2. The van der Waals surface area contributed by atoms with Crippen LogP contribution in [0, 0.1) is 4.77 Å². The van der Waals surface area contributed by atoms with Crippen molar-refractivity contribution in [2.75, 3.05) is 7.11 Å². The van der Waals surface area contributed by atoms with E-state index in [1.165, 1.54) is 0 Å². The van der Waals surface area contributed by atoms with E-state index < -0.39 is 0 Å². The van der Waals surface area contributed by atoms with Gasteiger partial charge in [0.2, 0.25) is 0 Å². The fraction of sp³-hybridized carbons (Fsp3) is 0.0588. The number of aromatic nitrogens is 4. The molecule has 6 heteroatoms. The molecule has 0 fully saturated rings. The summed E-state index contributed by atoms with van der Waals surface area (Å²) < 4.78 is 7.75. The number of para-hydroxylation sites is 1. The Kier molecular flexibility index (Phi) is 3.24. The van der Waals surface area contributed by atoms with Gasteiger partial charge in [0, 0.05) is 10.9 Å². The van der Waals surface area contributed by atoms with E-state index >= 15 is 0 Å². The van der Waals surface area contributed by atoms with Gasteiger partial charge in [0.25, 0.3) is 0 Å². The molecule has 0 radical (unpaired) electrons. The molecule has 2 heterocycles. The summed E-state index contributed by atoms with van der Waals surface area (Å²) in [7, 11) is 1.66. The zero-order valence-corrected chi connectivity index (χ0v) is 13.2. The van der Waals surface area contributed by atoms with Crippen LogP contribution in [-0.2, 0) is 0 Å². The number of nitrogens with one attached hydrogen (secondary N) is 2. The molecule has 0 saturated carbocycles. The van der Waals surface area contributed by atoms with Gasteiger partial charge in [-0.15, -0.1) is 0 Å². The predicted octanol–water partition coefficient (Wildman–Crippen LogP) is 4.09. The summed E-state index contributed by atoms with van der Waals surface area (Å²) in [5.41, 5.74) is 2.89. The highest BCUT2D eigenvalue weighted by Crippen LogP contribution is 2.27. The molecule has 2 aromatic carbocycles.